The van der Waals surface area contributed by atoms with E-state index < -0.39 is 10.8 Å². The van der Waals surface area contributed by atoms with Crippen molar-refractivity contribution in [3.8, 4) is 28.7 Å². The maximum atomic E-state index is 12.8. The van der Waals surface area contributed by atoms with Gasteiger partial charge in [0.1, 0.15) is 4.36 Å². The van der Waals surface area contributed by atoms with Crippen molar-refractivity contribution in [3.63, 3.8) is 0 Å². The van der Waals surface area contributed by atoms with Crippen molar-refractivity contribution in [2.45, 2.75) is 4.90 Å². The van der Waals surface area contributed by atoms with E-state index in [1.165, 1.54) is 40.6 Å². The van der Waals surface area contributed by atoms with Crippen LogP contribution < -0.4 is 18.9 Å². The lowest BCUT2D eigenvalue weighted by Crippen LogP contribution is -1.99. The number of hydrogen-bond acceptors (Lipinski definition) is 6. The third-order valence-corrected chi connectivity index (χ3v) is 5.18. The fourth-order valence-corrected chi connectivity index (χ4v) is 3.55. The predicted octanol–water partition coefficient (Wildman–Crippen LogP) is 3.77. The second kappa shape index (κ2) is 8.82. The molecule has 2 aromatic rings. The Labute approximate surface area is 159 Å². The molecule has 0 bridgehead atoms. The Balaban J connectivity index is 2.40. The van der Waals surface area contributed by atoms with Gasteiger partial charge in [-0.25, -0.2) is 4.21 Å². The summed E-state index contributed by atoms with van der Waals surface area (Å²) in [5, 5.41) is 9.83. The number of ether oxygens (including phenoxy) is 4. The number of halogens is 1. The number of aromatic hydroxyl groups is 1. The monoisotopic (exact) mass is 398 g/mol. The van der Waals surface area contributed by atoms with Gasteiger partial charge in [0.2, 0.25) is 5.75 Å². The maximum Gasteiger partial charge on any atom is 0.203 e. The van der Waals surface area contributed by atoms with Crippen LogP contribution in [-0.2, 0) is 10.8 Å². The summed E-state index contributed by atoms with van der Waals surface area (Å²) in [6.45, 7) is 0. The Morgan fingerprint density at radius 1 is 0.962 bits per heavy atom. The van der Waals surface area contributed by atoms with Crippen molar-refractivity contribution in [2.75, 3.05) is 28.4 Å². The van der Waals surface area contributed by atoms with Crippen LogP contribution in [0.15, 0.2) is 39.6 Å². The molecule has 0 saturated carbocycles. The van der Waals surface area contributed by atoms with Gasteiger partial charge in [0.25, 0.3) is 0 Å². The second-order valence-corrected chi connectivity index (χ2v) is 7.09. The zero-order valence-corrected chi connectivity index (χ0v) is 16.3. The van der Waals surface area contributed by atoms with Crippen LogP contribution in [0.5, 0.6) is 28.7 Å². The van der Waals surface area contributed by atoms with Crippen LogP contribution in [0.1, 0.15) is 5.56 Å². The minimum absolute atomic E-state index is 0.0377. The van der Waals surface area contributed by atoms with Gasteiger partial charge >= 0.3 is 0 Å². The van der Waals surface area contributed by atoms with E-state index >= 15 is 0 Å². The first kappa shape index (κ1) is 19.9. The fourth-order valence-electron chi connectivity index (χ4n) is 2.26. The van der Waals surface area contributed by atoms with Crippen LogP contribution in [0, 0.1) is 0 Å². The molecule has 0 saturated heterocycles. The molecule has 0 heterocycles. The first-order valence-corrected chi connectivity index (χ1v) is 8.93. The molecule has 0 radical (unpaired) electrons. The third-order valence-electron chi connectivity index (χ3n) is 3.51. The highest BCUT2D eigenvalue weighted by atomic mass is 35.5. The minimum atomic E-state index is -1.68. The fraction of sp³-hybridized carbons (Fsp3) is 0.222. The van der Waals surface area contributed by atoms with Crippen LogP contribution in [0.3, 0.4) is 0 Å². The van der Waals surface area contributed by atoms with E-state index in [1.54, 1.807) is 24.3 Å². The van der Waals surface area contributed by atoms with Gasteiger partial charge in [-0.2, -0.15) is 0 Å². The molecule has 140 valence electrons. The molecular weight excluding hydrogens is 380 g/mol. The summed E-state index contributed by atoms with van der Waals surface area (Å²) in [5.41, 5.74) is 0.578. The molecule has 6 nitrogen and oxygen atoms in total. The van der Waals surface area contributed by atoms with Gasteiger partial charge in [-0.1, -0.05) is 17.7 Å². The lowest BCUT2D eigenvalue weighted by Gasteiger charge is -2.13. The SMILES string of the molecule is COc1ccc(/C=C(\Cl)S(=O)c2cc(OC)c(OC)c(OC)c2)cc1O. The summed E-state index contributed by atoms with van der Waals surface area (Å²) in [7, 11) is 4.21. The molecule has 0 aromatic heterocycles. The van der Waals surface area contributed by atoms with Crippen LogP contribution in [-0.4, -0.2) is 37.8 Å². The molecule has 0 spiro atoms. The van der Waals surface area contributed by atoms with Gasteiger partial charge in [-0.15, -0.1) is 0 Å². The topological polar surface area (TPSA) is 74.2 Å². The zero-order valence-electron chi connectivity index (χ0n) is 14.7. The lowest BCUT2D eigenvalue weighted by atomic mass is 10.2. The highest BCUT2D eigenvalue weighted by Crippen LogP contribution is 2.40. The average molecular weight is 399 g/mol. The number of rotatable bonds is 7. The Morgan fingerprint density at radius 3 is 2.00 bits per heavy atom. The van der Waals surface area contributed by atoms with Crippen molar-refractivity contribution in [1.29, 1.82) is 0 Å². The first-order chi connectivity index (χ1) is 12.4. The number of phenols is 1. The van der Waals surface area contributed by atoms with Gasteiger partial charge < -0.3 is 24.1 Å². The molecule has 2 rings (SSSR count). The quantitative estimate of drug-likeness (QED) is 0.765. The van der Waals surface area contributed by atoms with Crippen LogP contribution in [0.2, 0.25) is 0 Å². The molecule has 26 heavy (non-hydrogen) atoms. The zero-order chi connectivity index (χ0) is 19.3. The van der Waals surface area contributed by atoms with E-state index in [9.17, 15) is 9.32 Å². The Bertz CT molecular complexity index is 825. The smallest absolute Gasteiger partial charge is 0.203 e. The van der Waals surface area contributed by atoms with Gasteiger partial charge in [0.15, 0.2) is 23.0 Å². The molecular formula is C18H19ClO6S. The van der Waals surface area contributed by atoms with Crippen LogP contribution >= 0.6 is 11.6 Å². The van der Waals surface area contributed by atoms with E-state index in [0.717, 1.165) is 0 Å². The largest absolute Gasteiger partial charge is 0.504 e. The van der Waals surface area contributed by atoms with Gasteiger partial charge in [0, 0.05) is 12.1 Å². The van der Waals surface area contributed by atoms with Crippen molar-refractivity contribution >= 4 is 28.5 Å². The number of hydrogen-bond donors (Lipinski definition) is 1. The van der Waals surface area contributed by atoms with E-state index in [-0.39, 0.29) is 10.1 Å². The summed E-state index contributed by atoms with van der Waals surface area (Å²) in [5.74, 6) is 1.45. The van der Waals surface area contributed by atoms with E-state index in [2.05, 4.69) is 0 Å². The number of phenolic OH excluding ortho intramolecular Hbond substituents is 1. The molecule has 2 aromatic carbocycles. The minimum Gasteiger partial charge on any atom is -0.504 e. The molecule has 0 aliphatic rings. The van der Waals surface area contributed by atoms with E-state index in [1.807, 2.05) is 0 Å². The van der Waals surface area contributed by atoms with E-state index in [4.69, 9.17) is 30.5 Å². The second-order valence-electron chi connectivity index (χ2n) is 5.01. The molecule has 1 N–H and O–H groups in total. The summed E-state index contributed by atoms with van der Waals surface area (Å²) >= 11 is 6.23. The lowest BCUT2D eigenvalue weighted by molar-refractivity contribution is 0.323. The number of benzene rings is 2. The molecule has 0 aliphatic carbocycles. The molecule has 1 unspecified atom stereocenters. The molecule has 0 amide bonds. The first-order valence-electron chi connectivity index (χ1n) is 7.41. The van der Waals surface area contributed by atoms with Crippen molar-refractivity contribution < 1.29 is 28.3 Å². The van der Waals surface area contributed by atoms with Gasteiger partial charge in [-0.05, 0) is 23.8 Å². The molecule has 8 heteroatoms. The normalized spacial score (nSPS) is 12.4. The third kappa shape index (κ3) is 4.23. The molecule has 1 atom stereocenters. The van der Waals surface area contributed by atoms with Crippen molar-refractivity contribution in [3.05, 3.63) is 40.3 Å². The highest BCUT2D eigenvalue weighted by molar-refractivity contribution is 7.91. The number of methoxy groups -OCH3 is 4. The summed E-state index contributed by atoms with van der Waals surface area (Å²) in [4.78, 5) is 0.387. The summed E-state index contributed by atoms with van der Waals surface area (Å²) in [6, 6.07) is 7.88. The Kier molecular flexibility index (Phi) is 6.76. The van der Waals surface area contributed by atoms with Crippen molar-refractivity contribution in [1.82, 2.24) is 0 Å². The predicted molar refractivity (Wildman–Crippen MR) is 101 cm³/mol. The maximum absolute atomic E-state index is 12.8. The Morgan fingerprint density at radius 2 is 1.54 bits per heavy atom. The summed E-state index contributed by atoms with van der Waals surface area (Å²) < 4.78 is 33.6. The average Bonchev–Trinajstić information content (AvgIpc) is 2.66. The molecule has 0 fully saturated rings. The van der Waals surface area contributed by atoms with Gasteiger partial charge in [0.05, 0.1) is 44.1 Å². The van der Waals surface area contributed by atoms with Gasteiger partial charge in [-0.3, -0.25) is 0 Å². The highest BCUT2D eigenvalue weighted by Gasteiger charge is 2.18. The van der Waals surface area contributed by atoms with Crippen LogP contribution in [0.25, 0.3) is 6.08 Å². The Hall–Kier alpha value is -2.38. The molecule has 0 aliphatic heterocycles. The standard InChI is InChI=1S/C18H19ClO6S/c1-22-14-6-5-11(7-13(14)20)8-17(19)26(21)12-9-15(23-2)18(25-4)16(10-12)24-3/h5-10,20H,1-4H3/b17-8+. The van der Waals surface area contributed by atoms with E-state index in [0.29, 0.717) is 33.5 Å². The van der Waals surface area contributed by atoms with Crippen molar-refractivity contribution in [2.24, 2.45) is 0 Å². The summed E-state index contributed by atoms with van der Waals surface area (Å²) in [6.07, 6.45) is 1.50. The van der Waals surface area contributed by atoms with Crippen LogP contribution in [0.4, 0.5) is 0 Å².